The van der Waals surface area contributed by atoms with E-state index in [-0.39, 0.29) is 18.2 Å². The summed E-state index contributed by atoms with van der Waals surface area (Å²) in [5, 5.41) is 15.7. The molecule has 8 heteroatoms. The minimum Gasteiger partial charge on any atom is -0.508 e. The average molecular weight is 471 g/mol. The Balaban J connectivity index is 1.45. The number of amides is 3. The maximum atomic E-state index is 14.3. The highest BCUT2D eigenvalue weighted by atomic mass is 19.1. The van der Waals surface area contributed by atoms with E-state index in [0.717, 1.165) is 11.1 Å². The van der Waals surface area contributed by atoms with Gasteiger partial charge >= 0.3 is 0 Å². The molecule has 3 amide bonds. The predicted molar refractivity (Wildman–Crippen MR) is 124 cm³/mol. The number of aromatic hydroxyl groups is 1. The number of benzene rings is 3. The van der Waals surface area contributed by atoms with Crippen molar-refractivity contribution in [3.8, 4) is 5.75 Å². The molecule has 3 aromatic rings. The molecule has 0 aromatic heterocycles. The lowest BCUT2D eigenvalue weighted by molar-refractivity contribution is -0.143. The summed E-state index contributed by atoms with van der Waals surface area (Å²) in [7, 11) is 0. The molecule has 3 heterocycles. The van der Waals surface area contributed by atoms with Gasteiger partial charge in [-0.25, -0.2) is 4.39 Å². The molecular formula is C27H22FN3O4. The van der Waals surface area contributed by atoms with Gasteiger partial charge in [0.1, 0.15) is 17.1 Å². The zero-order valence-electron chi connectivity index (χ0n) is 18.6. The zero-order chi connectivity index (χ0) is 24.3. The summed E-state index contributed by atoms with van der Waals surface area (Å²) in [6.07, 6.45) is 0.347. The lowest BCUT2D eigenvalue weighted by atomic mass is 9.76. The van der Waals surface area contributed by atoms with Gasteiger partial charge in [-0.05, 0) is 47.9 Å². The van der Waals surface area contributed by atoms with Crippen molar-refractivity contribution in [2.45, 2.75) is 24.5 Å². The normalized spacial score (nSPS) is 26.8. The lowest BCUT2D eigenvalue weighted by Gasteiger charge is -2.29. The van der Waals surface area contributed by atoms with Crippen LogP contribution < -0.4 is 10.6 Å². The van der Waals surface area contributed by atoms with Gasteiger partial charge in [0, 0.05) is 17.3 Å². The van der Waals surface area contributed by atoms with Crippen molar-refractivity contribution in [3.63, 3.8) is 0 Å². The minimum atomic E-state index is -1.55. The van der Waals surface area contributed by atoms with E-state index in [1.54, 1.807) is 24.3 Å². The standard InChI is InChI=1S/C27H22FN3O4/c28-17-8-11-20-19(13-17)27(26(35)29-20)23-22(21(30-27)12-15-6-9-18(32)10-7-15)24(33)31(25(23)34)14-16-4-2-1-3-5-16/h1-11,13,21-23,30,32H,12,14H2,(H,29,35)/t21-,22-,23+,27+/m1/s1. The quantitative estimate of drug-likeness (QED) is 0.509. The third kappa shape index (κ3) is 3.17. The first-order valence-electron chi connectivity index (χ1n) is 11.4. The third-order valence-electron chi connectivity index (χ3n) is 7.34. The number of hydrogen-bond acceptors (Lipinski definition) is 5. The molecule has 0 unspecified atom stereocenters. The Morgan fingerprint density at radius 1 is 0.914 bits per heavy atom. The number of carbonyl (C=O) groups excluding carboxylic acids is 3. The van der Waals surface area contributed by atoms with Gasteiger partial charge in [-0.15, -0.1) is 0 Å². The number of nitrogens with one attached hydrogen (secondary N) is 2. The first-order chi connectivity index (χ1) is 16.9. The zero-order valence-corrected chi connectivity index (χ0v) is 18.6. The van der Waals surface area contributed by atoms with Crippen molar-refractivity contribution >= 4 is 23.4 Å². The summed E-state index contributed by atoms with van der Waals surface area (Å²) >= 11 is 0. The average Bonchev–Trinajstić information content (AvgIpc) is 3.42. The summed E-state index contributed by atoms with van der Waals surface area (Å²) in [5.41, 5.74) is 0.842. The fourth-order valence-electron chi connectivity index (χ4n) is 5.82. The van der Waals surface area contributed by atoms with Crippen LogP contribution in [0.15, 0.2) is 72.8 Å². The molecular weight excluding hydrogens is 449 g/mol. The first kappa shape index (κ1) is 21.5. The van der Waals surface area contributed by atoms with Gasteiger partial charge in [-0.2, -0.15) is 0 Å². The third-order valence-corrected chi connectivity index (χ3v) is 7.34. The second kappa shape index (κ2) is 7.74. The monoisotopic (exact) mass is 471 g/mol. The highest BCUT2D eigenvalue weighted by molar-refractivity contribution is 6.15. The van der Waals surface area contributed by atoms with Gasteiger partial charge in [0.05, 0.1) is 18.4 Å². The molecule has 2 saturated heterocycles. The number of phenols is 1. The van der Waals surface area contributed by atoms with E-state index in [4.69, 9.17) is 0 Å². The van der Waals surface area contributed by atoms with Gasteiger partial charge in [0.25, 0.3) is 0 Å². The summed E-state index contributed by atoms with van der Waals surface area (Å²) in [5.74, 6) is -3.50. The van der Waals surface area contributed by atoms with Crippen molar-refractivity contribution in [1.82, 2.24) is 10.2 Å². The molecule has 1 spiro atoms. The van der Waals surface area contributed by atoms with Crippen molar-refractivity contribution in [1.29, 1.82) is 0 Å². The van der Waals surface area contributed by atoms with Crippen LogP contribution in [-0.2, 0) is 32.9 Å². The smallest absolute Gasteiger partial charge is 0.250 e. The Kier molecular flexibility index (Phi) is 4.76. The van der Waals surface area contributed by atoms with E-state index in [0.29, 0.717) is 17.7 Å². The number of halogens is 1. The number of carbonyl (C=O) groups is 3. The van der Waals surface area contributed by atoms with Crippen molar-refractivity contribution < 1.29 is 23.9 Å². The van der Waals surface area contributed by atoms with Gasteiger partial charge in [0.15, 0.2) is 0 Å². The molecule has 35 heavy (non-hydrogen) atoms. The highest BCUT2D eigenvalue weighted by Gasteiger charge is 2.70. The van der Waals surface area contributed by atoms with Crippen LogP contribution >= 0.6 is 0 Å². The molecule has 0 radical (unpaired) electrons. The summed E-state index contributed by atoms with van der Waals surface area (Å²) in [4.78, 5) is 42.2. The lowest BCUT2D eigenvalue weighted by Crippen LogP contribution is -2.53. The van der Waals surface area contributed by atoms with E-state index in [9.17, 15) is 23.9 Å². The maximum absolute atomic E-state index is 14.3. The van der Waals surface area contributed by atoms with Crippen LogP contribution in [0.2, 0.25) is 0 Å². The van der Waals surface area contributed by atoms with Crippen molar-refractivity contribution in [2.24, 2.45) is 11.8 Å². The molecule has 3 N–H and O–H groups in total. The fourth-order valence-corrected chi connectivity index (χ4v) is 5.82. The van der Waals surface area contributed by atoms with Crippen LogP contribution in [0.1, 0.15) is 16.7 Å². The van der Waals surface area contributed by atoms with E-state index in [1.807, 2.05) is 30.3 Å². The topological polar surface area (TPSA) is 98.7 Å². The number of phenolic OH excluding ortho intramolecular Hbond substituents is 1. The number of fused-ring (bicyclic) bond motifs is 4. The first-order valence-corrected chi connectivity index (χ1v) is 11.4. The summed E-state index contributed by atoms with van der Waals surface area (Å²) in [6, 6.07) is 19.2. The predicted octanol–water partition coefficient (Wildman–Crippen LogP) is 2.69. The maximum Gasteiger partial charge on any atom is 0.250 e. The Morgan fingerprint density at radius 2 is 1.66 bits per heavy atom. The minimum absolute atomic E-state index is 0.102. The number of likely N-dealkylation sites (tertiary alicyclic amines) is 1. The second-order valence-electron chi connectivity index (χ2n) is 9.33. The van der Waals surface area contributed by atoms with Gasteiger partial charge in [0.2, 0.25) is 17.7 Å². The number of imide groups is 1. The van der Waals surface area contributed by atoms with E-state index in [2.05, 4.69) is 10.6 Å². The summed E-state index contributed by atoms with van der Waals surface area (Å²) < 4.78 is 14.3. The molecule has 176 valence electrons. The number of nitrogens with zero attached hydrogens (tertiary/aromatic N) is 1. The highest BCUT2D eigenvalue weighted by Crippen LogP contribution is 2.53. The van der Waals surface area contributed by atoms with Crippen molar-refractivity contribution in [3.05, 3.63) is 95.3 Å². The molecule has 2 fully saturated rings. The Labute approximate surface area is 200 Å². The molecule has 6 rings (SSSR count). The van der Waals surface area contributed by atoms with Crippen LogP contribution in [0.25, 0.3) is 0 Å². The van der Waals surface area contributed by atoms with Crippen LogP contribution in [0.5, 0.6) is 5.75 Å². The van der Waals surface area contributed by atoms with Gasteiger partial charge in [-0.3, -0.25) is 24.6 Å². The number of anilines is 1. The Bertz CT molecular complexity index is 1360. The van der Waals surface area contributed by atoms with E-state index >= 15 is 0 Å². The molecule has 4 atom stereocenters. The molecule has 7 nitrogen and oxygen atoms in total. The molecule has 3 aromatic carbocycles. The van der Waals surface area contributed by atoms with Crippen LogP contribution in [-0.4, -0.2) is 33.8 Å². The van der Waals surface area contributed by atoms with Crippen molar-refractivity contribution in [2.75, 3.05) is 5.32 Å². The second-order valence-corrected chi connectivity index (χ2v) is 9.33. The number of rotatable bonds is 4. The van der Waals surface area contributed by atoms with Crippen LogP contribution in [0, 0.1) is 17.7 Å². The molecule has 3 aliphatic rings. The van der Waals surface area contributed by atoms with Crippen LogP contribution in [0.3, 0.4) is 0 Å². The Hall–Kier alpha value is -4.04. The molecule has 0 aliphatic carbocycles. The molecule has 3 aliphatic heterocycles. The van der Waals surface area contributed by atoms with E-state index in [1.165, 1.54) is 23.1 Å². The van der Waals surface area contributed by atoms with Gasteiger partial charge < -0.3 is 10.4 Å². The van der Waals surface area contributed by atoms with Gasteiger partial charge in [-0.1, -0.05) is 42.5 Å². The fraction of sp³-hybridized carbons (Fsp3) is 0.222. The van der Waals surface area contributed by atoms with Crippen LogP contribution in [0.4, 0.5) is 10.1 Å². The van der Waals surface area contributed by atoms with E-state index < -0.39 is 41.0 Å². The Morgan fingerprint density at radius 3 is 2.40 bits per heavy atom. The SMILES string of the molecule is O=C1[C@H]2[C@@H](C(=O)N1Cc1ccccc1)[C@]1(N[C@@H]2Cc2ccc(O)cc2)C(=O)Nc2ccc(F)cc21. The summed E-state index contributed by atoms with van der Waals surface area (Å²) in [6.45, 7) is 0.102. The largest absolute Gasteiger partial charge is 0.508 e. The number of hydrogen-bond donors (Lipinski definition) is 3. The molecule has 0 bridgehead atoms. The molecule has 0 saturated carbocycles.